The molecule has 0 fully saturated rings. The highest BCUT2D eigenvalue weighted by Crippen LogP contribution is 2.10. The van der Waals surface area contributed by atoms with Gasteiger partial charge in [0.05, 0.1) is 6.54 Å². The number of nitrogens with one attached hydrogen (secondary N) is 1. The van der Waals surface area contributed by atoms with Gasteiger partial charge in [0, 0.05) is 17.3 Å². The van der Waals surface area contributed by atoms with E-state index in [9.17, 15) is 18.4 Å². The molecule has 1 aromatic carbocycles. The SMILES string of the molecule is CCc1cn(Cc2cc(F)ccc2F)c(=O)[nH]c1=O. The number of hydrogen-bond acceptors (Lipinski definition) is 2. The zero-order valence-corrected chi connectivity index (χ0v) is 10.2. The Hall–Kier alpha value is -2.24. The van der Waals surface area contributed by atoms with Crippen molar-refractivity contribution in [2.24, 2.45) is 0 Å². The van der Waals surface area contributed by atoms with Crippen LogP contribution in [-0.2, 0) is 13.0 Å². The Bertz CT molecular complexity index is 719. The number of halogens is 2. The predicted octanol–water partition coefficient (Wildman–Crippen LogP) is 1.43. The topological polar surface area (TPSA) is 54.9 Å². The average molecular weight is 266 g/mol. The van der Waals surface area contributed by atoms with Gasteiger partial charge in [0.2, 0.25) is 0 Å². The van der Waals surface area contributed by atoms with Gasteiger partial charge >= 0.3 is 5.69 Å². The summed E-state index contributed by atoms with van der Waals surface area (Å²) in [5.41, 5.74) is -0.637. The molecule has 0 radical (unpaired) electrons. The fraction of sp³-hybridized carbons (Fsp3) is 0.231. The highest BCUT2D eigenvalue weighted by molar-refractivity contribution is 5.19. The number of benzene rings is 1. The minimum atomic E-state index is -0.647. The summed E-state index contributed by atoms with van der Waals surface area (Å²) in [4.78, 5) is 25.1. The van der Waals surface area contributed by atoms with Crippen LogP contribution in [0.4, 0.5) is 8.78 Å². The molecule has 0 aliphatic carbocycles. The van der Waals surface area contributed by atoms with Gasteiger partial charge in [-0.2, -0.15) is 0 Å². The van der Waals surface area contributed by atoms with Crippen LogP contribution in [0.5, 0.6) is 0 Å². The Kier molecular flexibility index (Phi) is 3.59. The zero-order valence-electron chi connectivity index (χ0n) is 10.2. The lowest BCUT2D eigenvalue weighted by atomic mass is 10.2. The quantitative estimate of drug-likeness (QED) is 0.913. The first-order valence-corrected chi connectivity index (χ1v) is 5.78. The molecule has 6 heteroatoms. The van der Waals surface area contributed by atoms with Crippen molar-refractivity contribution in [1.82, 2.24) is 9.55 Å². The molecule has 4 nitrogen and oxygen atoms in total. The smallest absolute Gasteiger partial charge is 0.296 e. The summed E-state index contributed by atoms with van der Waals surface area (Å²) in [5, 5.41) is 0. The summed E-state index contributed by atoms with van der Waals surface area (Å²) < 4.78 is 27.7. The van der Waals surface area contributed by atoms with E-state index in [2.05, 4.69) is 4.98 Å². The molecule has 0 unspecified atom stereocenters. The summed E-state index contributed by atoms with van der Waals surface area (Å²) >= 11 is 0. The van der Waals surface area contributed by atoms with Gasteiger partial charge in [-0.15, -0.1) is 0 Å². The van der Waals surface area contributed by atoms with Crippen molar-refractivity contribution in [3.63, 3.8) is 0 Å². The highest BCUT2D eigenvalue weighted by atomic mass is 19.1. The van der Waals surface area contributed by atoms with Crippen molar-refractivity contribution < 1.29 is 8.78 Å². The van der Waals surface area contributed by atoms with Crippen LogP contribution in [0, 0.1) is 11.6 Å². The van der Waals surface area contributed by atoms with Gasteiger partial charge in [-0.25, -0.2) is 13.6 Å². The number of aromatic amines is 1. The molecule has 2 rings (SSSR count). The van der Waals surface area contributed by atoms with E-state index in [1.54, 1.807) is 6.92 Å². The number of rotatable bonds is 3. The van der Waals surface area contributed by atoms with Crippen molar-refractivity contribution >= 4 is 0 Å². The predicted molar refractivity (Wildman–Crippen MR) is 66.2 cm³/mol. The van der Waals surface area contributed by atoms with E-state index in [1.165, 1.54) is 6.20 Å². The van der Waals surface area contributed by atoms with E-state index >= 15 is 0 Å². The molecule has 0 spiro atoms. The second-order valence-corrected chi connectivity index (χ2v) is 4.13. The molecule has 0 saturated carbocycles. The first kappa shape index (κ1) is 13.2. The van der Waals surface area contributed by atoms with Gasteiger partial charge in [0.1, 0.15) is 11.6 Å². The van der Waals surface area contributed by atoms with Gasteiger partial charge in [0.25, 0.3) is 5.56 Å². The van der Waals surface area contributed by atoms with Crippen LogP contribution < -0.4 is 11.2 Å². The molecule has 1 aromatic heterocycles. The van der Waals surface area contributed by atoms with Gasteiger partial charge in [-0.05, 0) is 24.6 Å². The molecule has 0 aliphatic heterocycles. The molecule has 19 heavy (non-hydrogen) atoms. The number of aromatic nitrogens is 2. The minimum Gasteiger partial charge on any atom is -0.296 e. The Balaban J connectivity index is 2.46. The lowest BCUT2D eigenvalue weighted by Crippen LogP contribution is -2.32. The van der Waals surface area contributed by atoms with Gasteiger partial charge < -0.3 is 0 Å². The van der Waals surface area contributed by atoms with Crippen LogP contribution in [-0.4, -0.2) is 9.55 Å². The summed E-state index contributed by atoms with van der Waals surface area (Å²) in [6.07, 6.45) is 1.81. The van der Waals surface area contributed by atoms with E-state index in [4.69, 9.17) is 0 Å². The molecule has 1 heterocycles. The van der Waals surface area contributed by atoms with Gasteiger partial charge in [0.15, 0.2) is 0 Å². The highest BCUT2D eigenvalue weighted by Gasteiger charge is 2.08. The second-order valence-electron chi connectivity index (χ2n) is 4.13. The van der Waals surface area contributed by atoms with E-state index in [0.717, 1.165) is 22.8 Å². The summed E-state index contributed by atoms with van der Waals surface area (Å²) in [5.74, 6) is -1.18. The number of H-pyrrole nitrogens is 1. The Morgan fingerprint density at radius 3 is 2.63 bits per heavy atom. The summed E-state index contributed by atoms with van der Waals surface area (Å²) in [6.45, 7) is 1.63. The Morgan fingerprint density at radius 1 is 1.21 bits per heavy atom. The van der Waals surface area contributed by atoms with Gasteiger partial charge in [-0.3, -0.25) is 14.3 Å². The van der Waals surface area contributed by atoms with Crippen LogP contribution in [0.3, 0.4) is 0 Å². The molecule has 1 N–H and O–H groups in total. The third-order valence-electron chi connectivity index (χ3n) is 2.81. The summed E-state index contributed by atoms with van der Waals surface area (Å²) in [6, 6.07) is 3.03. The molecule has 2 aromatic rings. The lowest BCUT2D eigenvalue weighted by Gasteiger charge is -2.08. The van der Waals surface area contributed by atoms with E-state index in [1.807, 2.05) is 0 Å². The molecule has 0 bridgehead atoms. The number of aryl methyl sites for hydroxylation is 1. The third kappa shape index (κ3) is 2.78. The largest absolute Gasteiger partial charge is 0.328 e. The minimum absolute atomic E-state index is 0.0520. The van der Waals surface area contributed by atoms with Crippen LogP contribution in [0.15, 0.2) is 34.0 Å². The maximum Gasteiger partial charge on any atom is 0.328 e. The summed E-state index contributed by atoms with van der Waals surface area (Å²) in [7, 11) is 0. The zero-order chi connectivity index (χ0) is 14.0. The third-order valence-corrected chi connectivity index (χ3v) is 2.81. The van der Waals surface area contributed by atoms with Crippen LogP contribution in [0.1, 0.15) is 18.1 Å². The molecule has 0 saturated heterocycles. The standard InChI is InChI=1S/C13H12F2N2O2/c1-2-8-6-17(13(19)16-12(8)18)7-9-5-10(14)3-4-11(9)15/h3-6H,2,7H2,1H3,(H,16,18,19). The first-order chi connectivity index (χ1) is 9.01. The lowest BCUT2D eigenvalue weighted by molar-refractivity contribution is 0.571. The molecular weight excluding hydrogens is 254 g/mol. The van der Waals surface area contributed by atoms with E-state index in [0.29, 0.717) is 12.0 Å². The van der Waals surface area contributed by atoms with Crippen LogP contribution >= 0.6 is 0 Å². The van der Waals surface area contributed by atoms with Crippen molar-refractivity contribution in [2.75, 3.05) is 0 Å². The molecule has 0 aliphatic rings. The monoisotopic (exact) mass is 266 g/mol. The normalized spacial score (nSPS) is 10.7. The molecule has 100 valence electrons. The Labute approximate surface area is 107 Å². The second kappa shape index (κ2) is 5.17. The molecule has 0 amide bonds. The Morgan fingerprint density at radius 2 is 1.95 bits per heavy atom. The van der Waals surface area contributed by atoms with Crippen molar-refractivity contribution in [1.29, 1.82) is 0 Å². The molecule has 0 atom stereocenters. The fourth-order valence-corrected chi connectivity index (χ4v) is 1.77. The average Bonchev–Trinajstić information content (AvgIpc) is 2.37. The van der Waals surface area contributed by atoms with Gasteiger partial charge in [-0.1, -0.05) is 6.92 Å². The van der Waals surface area contributed by atoms with Crippen LogP contribution in [0.25, 0.3) is 0 Å². The van der Waals surface area contributed by atoms with E-state index < -0.39 is 22.9 Å². The van der Waals surface area contributed by atoms with Crippen molar-refractivity contribution in [3.05, 3.63) is 68.0 Å². The number of hydrogen-bond donors (Lipinski definition) is 1. The van der Waals surface area contributed by atoms with E-state index in [-0.39, 0.29) is 12.1 Å². The fourth-order valence-electron chi connectivity index (χ4n) is 1.77. The first-order valence-electron chi connectivity index (χ1n) is 5.78. The van der Waals surface area contributed by atoms with Crippen molar-refractivity contribution in [3.8, 4) is 0 Å². The van der Waals surface area contributed by atoms with Crippen LogP contribution in [0.2, 0.25) is 0 Å². The molecular formula is C13H12F2N2O2. The number of nitrogens with zero attached hydrogens (tertiary/aromatic N) is 1. The van der Waals surface area contributed by atoms with Crippen molar-refractivity contribution in [2.45, 2.75) is 19.9 Å². The maximum atomic E-state index is 13.5. The maximum absolute atomic E-state index is 13.5.